The minimum absolute atomic E-state index is 0.0713. The Labute approximate surface area is 108 Å². The van der Waals surface area contributed by atoms with E-state index >= 15 is 0 Å². The topological polar surface area (TPSA) is 49.3 Å². The lowest BCUT2D eigenvalue weighted by Gasteiger charge is -2.15. The van der Waals surface area contributed by atoms with E-state index < -0.39 is 0 Å². The van der Waals surface area contributed by atoms with Crippen molar-refractivity contribution < 1.29 is 9.90 Å². The fourth-order valence-corrected chi connectivity index (χ4v) is 1.56. The van der Waals surface area contributed by atoms with Crippen LogP contribution in [0.3, 0.4) is 0 Å². The SMILES string of the molecule is CC=CC=CC(=O)N[C@@H](CO)Cc1ccccc1. The normalized spacial score (nSPS) is 13.0. The fourth-order valence-electron chi connectivity index (χ4n) is 1.56. The van der Waals surface area contributed by atoms with E-state index in [1.54, 1.807) is 12.2 Å². The van der Waals surface area contributed by atoms with E-state index in [9.17, 15) is 9.90 Å². The van der Waals surface area contributed by atoms with Crippen LogP contribution >= 0.6 is 0 Å². The number of benzene rings is 1. The van der Waals surface area contributed by atoms with Gasteiger partial charge in [-0.25, -0.2) is 0 Å². The van der Waals surface area contributed by atoms with E-state index in [1.165, 1.54) is 6.08 Å². The first-order valence-corrected chi connectivity index (χ1v) is 6.01. The Hall–Kier alpha value is -1.87. The Bertz CT molecular complexity index is 410. The van der Waals surface area contributed by atoms with E-state index in [-0.39, 0.29) is 18.6 Å². The third-order valence-electron chi connectivity index (χ3n) is 2.44. The summed E-state index contributed by atoms with van der Waals surface area (Å²) in [6.45, 7) is 1.81. The van der Waals surface area contributed by atoms with Gasteiger partial charge < -0.3 is 10.4 Å². The number of rotatable bonds is 6. The largest absolute Gasteiger partial charge is 0.394 e. The maximum atomic E-state index is 11.5. The highest BCUT2D eigenvalue weighted by atomic mass is 16.3. The third-order valence-corrected chi connectivity index (χ3v) is 2.44. The van der Waals surface area contributed by atoms with Crippen LogP contribution in [0.25, 0.3) is 0 Å². The molecular formula is C15H19NO2. The summed E-state index contributed by atoms with van der Waals surface area (Å²) in [5.74, 6) is -0.192. The number of aliphatic hydroxyl groups is 1. The second-order valence-corrected chi connectivity index (χ2v) is 3.96. The summed E-state index contributed by atoms with van der Waals surface area (Å²) < 4.78 is 0. The molecule has 0 aromatic heterocycles. The predicted molar refractivity (Wildman–Crippen MR) is 73.1 cm³/mol. The molecule has 0 saturated carbocycles. The van der Waals surface area contributed by atoms with Crippen molar-refractivity contribution in [3.05, 3.63) is 60.2 Å². The van der Waals surface area contributed by atoms with Crippen LogP contribution in [0.2, 0.25) is 0 Å². The quantitative estimate of drug-likeness (QED) is 0.593. The number of nitrogens with one attached hydrogen (secondary N) is 1. The molecule has 1 aromatic carbocycles. The molecule has 0 unspecified atom stereocenters. The fraction of sp³-hybridized carbons (Fsp3) is 0.267. The molecule has 2 N–H and O–H groups in total. The molecular weight excluding hydrogens is 226 g/mol. The summed E-state index contributed by atoms with van der Waals surface area (Å²) in [5, 5.41) is 12.0. The first-order valence-electron chi connectivity index (χ1n) is 6.01. The maximum Gasteiger partial charge on any atom is 0.244 e. The van der Waals surface area contributed by atoms with Gasteiger partial charge in [-0.05, 0) is 18.9 Å². The summed E-state index contributed by atoms with van der Waals surface area (Å²) in [4.78, 5) is 11.5. The van der Waals surface area contributed by atoms with Gasteiger partial charge in [-0.15, -0.1) is 0 Å². The van der Waals surface area contributed by atoms with Crippen LogP contribution in [0.1, 0.15) is 12.5 Å². The molecule has 1 atom stereocenters. The second-order valence-electron chi connectivity index (χ2n) is 3.96. The third kappa shape index (κ3) is 5.46. The molecule has 0 aliphatic carbocycles. The highest BCUT2D eigenvalue weighted by Crippen LogP contribution is 2.02. The Morgan fingerprint density at radius 2 is 2.06 bits per heavy atom. The highest BCUT2D eigenvalue weighted by molar-refractivity contribution is 5.88. The van der Waals surface area contributed by atoms with E-state index in [0.29, 0.717) is 6.42 Å². The van der Waals surface area contributed by atoms with Gasteiger partial charge in [0.1, 0.15) is 0 Å². The van der Waals surface area contributed by atoms with E-state index in [1.807, 2.05) is 43.3 Å². The van der Waals surface area contributed by atoms with Crippen LogP contribution in [-0.4, -0.2) is 23.7 Å². The molecule has 0 fully saturated rings. The molecule has 0 aliphatic rings. The monoisotopic (exact) mass is 245 g/mol. The lowest BCUT2D eigenvalue weighted by Crippen LogP contribution is -2.38. The maximum absolute atomic E-state index is 11.5. The molecule has 0 heterocycles. The van der Waals surface area contributed by atoms with Crippen LogP contribution in [-0.2, 0) is 11.2 Å². The van der Waals surface area contributed by atoms with E-state index in [2.05, 4.69) is 5.32 Å². The zero-order valence-corrected chi connectivity index (χ0v) is 10.5. The zero-order valence-electron chi connectivity index (χ0n) is 10.5. The molecule has 3 heteroatoms. The Morgan fingerprint density at radius 1 is 1.33 bits per heavy atom. The van der Waals surface area contributed by atoms with Gasteiger partial charge in [0, 0.05) is 6.08 Å². The van der Waals surface area contributed by atoms with Gasteiger partial charge in [-0.2, -0.15) is 0 Å². The molecule has 0 aliphatic heterocycles. The Balaban J connectivity index is 2.49. The van der Waals surface area contributed by atoms with Crippen molar-refractivity contribution in [1.82, 2.24) is 5.32 Å². The van der Waals surface area contributed by atoms with Crippen molar-refractivity contribution >= 4 is 5.91 Å². The minimum atomic E-state index is -0.254. The first kappa shape index (κ1) is 14.2. The van der Waals surface area contributed by atoms with Crippen LogP contribution in [0.5, 0.6) is 0 Å². The number of allylic oxidation sites excluding steroid dienone is 3. The molecule has 3 nitrogen and oxygen atoms in total. The van der Waals surface area contributed by atoms with Gasteiger partial charge in [-0.3, -0.25) is 4.79 Å². The zero-order chi connectivity index (χ0) is 13.2. The summed E-state index contributed by atoms with van der Waals surface area (Å²) in [5.41, 5.74) is 1.09. The average molecular weight is 245 g/mol. The van der Waals surface area contributed by atoms with Gasteiger partial charge in [0.15, 0.2) is 0 Å². The number of hydrogen-bond donors (Lipinski definition) is 2. The van der Waals surface area contributed by atoms with Gasteiger partial charge in [0.05, 0.1) is 12.6 Å². The lowest BCUT2D eigenvalue weighted by molar-refractivity contribution is -0.117. The number of carbonyl (C=O) groups is 1. The number of carbonyl (C=O) groups excluding carboxylic acids is 1. The van der Waals surface area contributed by atoms with Gasteiger partial charge >= 0.3 is 0 Å². The minimum Gasteiger partial charge on any atom is -0.394 e. The molecule has 1 aromatic rings. The molecule has 96 valence electrons. The number of amides is 1. The van der Waals surface area contributed by atoms with Crippen molar-refractivity contribution in [2.24, 2.45) is 0 Å². The molecule has 0 bridgehead atoms. The van der Waals surface area contributed by atoms with Gasteiger partial charge in [0.25, 0.3) is 0 Å². The molecule has 0 radical (unpaired) electrons. The Morgan fingerprint density at radius 3 is 2.67 bits per heavy atom. The van der Waals surface area contributed by atoms with Crippen molar-refractivity contribution in [2.45, 2.75) is 19.4 Å². The second kappa shape index (κ2) is 8.25. The van der Waals surface area contributed by atoms with Crippen LogP contribution in [0.4, 0.5) is 0 Å². The van der Waals surface area contributed by atoms with Gasteiger partial charge in [0.2, 0.25) is 5.91 Å². The first-order chi connectivity index (χ1) is 8.76. The lowest BCUT2D eigenvalue weighted by atomic mass is 10.1. The van der Waals surface area contributed by atoms with Crippen molar-refractivity contribution in [3.8, 4) is 0 Å². The average Bonchev–Trinajstić information content (AvgIpc) is 2.39. The predicted octanol–water partition coefficient (Wildman–Crippen LogP) is 1.84. The number of aliphatic hydroxyl groups excluding tert-OH is 1. The number of hydrogen-bond acceptors (Lipinski definition) is 2. The standard InChI is InChI=1S/C15H19NO2/c1-2-3-5-10-15(18)16-14(12-17)11-13-8-6-4-7-9-13/h2-10,14,17H,11-12H2,1H3,(H,16,18)/t14-/m1/s1. The molecule has 0 saturated heterocycles. The van der Waals surface area contributed by atoms with E-state index in [4.69, 9.17) is 0 Å². The summed E-state index contributed by atoms with van der Waals surface area (Å²) in [7, 11) is 0. The summed E-state index contributed by atoms with van der Waals surface area (Å²) in [6, 6.07) is 9.52. The molecule has 0 spiro atoms. The summed E-state index contributed by atoms with van der Waals surface area (Å²) >= 11 is 0. The van der Waals surface area contributed by atoms with Crippen LogP contribution in [0.15, 0.2) is 54.6 Å². The smallest absolute Gasteiger partial charge is 0.244 e. The van der Waals surface area contributed by atoms with Crippen LogP contribution in [0, 0.1) is 0 Å². The van der Waals surface area contributed by atoms with Gasteiger partial charge in [-0.1, -0.05) is 48.6 Å². The van der Waals surface area contributed by atoms with E-state index in [0.717, 1.165) is 5.56 Å². The molecule has 18 heavy (non-hydrogen) atoms. The highest BCUT2D eigenvalue weighted by Gasteiger charge is 2.09. The van der Waals surface area contributed by atoms with Crippen molar-refractivity contribution in [3.63, 3.8) is 0 Å². The van der Waals surface area contributed by atoms with Crippen molar-refractivity contribution in [1.29, 1.82) is 0 Å². The summed E-state index contributed by atoms with van der Waals surface area (Å²) in [6.07, 6.45) is 7.38. The van der Waals surface area contributed by atoms with Crippen molar-refractivity contribution in [2.75, 3.05) is 6.61 Å². The van der Waals surface area contributed by atoms with Crippen LogP contribution < -0.4 is 5.32 Å². The molecule has 1 rings (SSSR count). The molecule has 1 amide bonds. The Kier molecular flexibility index (Phi) is 6.51.